The molecule has 1 aliphatic rings. The van der Waals surface area contributed by atoms with Gasteiger partial charge in [-0.3, -0.25) is 0 Å². The Hall–Kier alpha value is -2.40. The highest BCUT2D eigenvalue weighted by molar-refractivity contribution is 5.57. The van der Waals surface area contributed by atoms with E-state index in [4.69, 9.17) is 14.7 Å². The molecular weight excluding hydrogens is 290 g/mol. The van der Waals surface area contributed by atoms with Gasteiger partial charge in [0.1, 0.15) is 11.5 Å². The summed E-state index contributed by atoms with van der Waals surface area (Å²) >= 11 is 0. The Bertz CT molecular complexity index is 787. The highest BCUT2D eigenvalue weighted by Crippen LogP contribution is 2.36. The number of aryl methyl sites for hydroxylation is 2. The van der Waals surface area contributed by atoms with Gasteiger partial charge in [-0.1, -0.05) is 35.5 Å². The lowest BCUT2D eigenvalue weighted by Crippen LogP contribution is -2.44. The first-order valence-electron chi connectivity index (χ1n) is 7.99. The Kier molecular flexibility index (Phi) is 3.50. The second-order valence-electron chi connectivity index (χ2n) is 6.15. The fraction of sp³-hybridized carbons (Fsp3) is 0.333. The summed E-state index contributed by atoms with van der Waals surface area (Å²) in [6, 6.07) is 14.1. The van der Waals surface area contributed by atoms with Crippen LogP contribution in [0.5, 0.6) is 0 Å². The average Bonchev–Trinajstić information content (AvgIpc) is 3.21. The molecule has 2 heterocycles. The number of furan rings is 1. The number of rotatable bonds is 5. The Labute approximate surface area is 134 Å². The summed E-state index contributed by atoms with van der Waals surface area (Å²) in [5, 5.41) is 4.03. The van der Waals surface area contributed by atoms with Gasteiger partial charge in [0.2, 0.25) is 5.89 Å². The number of hydrogen-bond acceptors (Lipinski definition) is 5. The van der Waals surface area contributed by atoms with Gasteiger partial charge in [-0.2, -0.15) is 4.98 Å². The fourth-order valence-electron chi connectivity index (χ4n) is 2.84. The molecule has 1 fully saturated rings. The minimum absolute atomic E-state index is 0.368. The van der Waals surface area contributed by atoms with Gasteiger partial charge in [-0.25, -0.2) is 0 Å². The van der Waals surface area contributed by atoms with Crippen molar-refractivity contribution in [1.29, 1.82) is 0 Å². The summed E-state index contributed by atoms with van der Waals surface area (Å²) in [5.41, 5.74) is 6.92. The molecule has 118 valence electrons. The summed E-state index contributed by atoms with van der Waals surface area (Å²) in [4.78, 5) is 4.44. The Morgan fingerprint density at radius 3 is 2.61 bits per heavy atom. The first-order valence-corrected chi connectivity index (χ1v) is 7.99. The predicted octanol–water partition coefficient (Wildman–Crippen LogP) is 3.45. The first-order chi connectivity index (χ1) is 11.2. The number of hydrogen-bond donors (Lipinski definition) is 1. The Morgan fingerprint density at radius 1 is 1.04 bits per heavy atom. The van der Waals surface area contributed by atoms with Crippen molar-refractivity contribution in [2.24, 2.45) is 5.73 Å². The van der Waals surface area contributed by atoms with Crippen LogP contribution in [-0.2, 0) is 18.4 Å². The summed E-state index contributed by atoms with van der Waals surface area (Å²) in [5.74, 6) is 3.05. The topological polar surface area (TPSA) is 78.1 Å². The van der Waals surface area contributed by atoms with Crippen molar-refractivity contribution >= 4 is 0 Å². The normalized spacial score (nSPS) is 16.2. The summed E-state index contributed by atoms with van der Waals surface area (Å²) in [7, 11) is 0. The zero-order chi connectivity index (χ0) is 15.7. The van der Waals surface area contributed by atoms with Gasteiger partial charge in [0.25, 0.3) is 0 Å². The van der Waals surface area contributed by atoms with E-state index in [9.17, 15) is 0 Å². The van der Waals surface area contributed by atoms with Crippen LogP contribution >= 0.6 is 0 Å². The van der Waals surface area contributed by atoms with E-state index in [0.717, 1.165) is 42.8 Å². The van der Waals surface area contributed by atoms with Crippen molar-refractivity contribution in [2.45, 2.75) is 37.6 Å². The van der Waals surface area contributed by atoms with Crippen LogP contribution in [0.2, 0.25) is 0 Å². The second kappa shape index (κ2) is 5.66. The minimum Gasteiger partial charge on any atom is -0.461 e. The number of aromatic nitrogens is 2. The van der Waals surface area contributed by atoms with Crippen molar-refractivity contribution in [3.8, 4) is 11.3 Å². The van der Waals surface area contributed by atoms with Crippen LogP contribution in [0.25, 0.3) is 11.3 Å². The maximum absolute atomic E-state index is 6.21. The van der Waals surface area contributed by atoms with E-state index in [1.807, 2.05) is 42.5 Å². The molecule has 0 saturated heterocycles. The van der Waals surface area contributed by atoms with Gasteiger partial charge in [0.15, 0.2) is 5.82 Å². The smallest absolute Gasteiger partial charge is 0.227 e. The van der Waals surface area contributed by atoms with E-state index in [2.05, 4.69) is 10.1 Å². The fourth-order valence-corrected chi connectivity index (χ4v) is 2.84. The maximum Gasteiger partial charge on any atom is 0.227 e. The summed E-state index contributed by atoms with van der Waals surface area (Å²) < 4.78 is 11.2. The van der Waals surface area contributed by atoms with Crippen LogP contribution in [0.1, 0.15) is 36.7 Å². The molecule has 1 aliphatic carbocycles. The lowest BCUT2D eigenvalue weighted by molar-refractivity contribution is 0.229. The van der Waals surface area contributed by atoms with E-state index in [1.165, 1.54) is 0 Å². The van der Waals surface area contributed by atoms with Gasteiger partial charge in [-0.05, 0) is 31.4 Å². The van der Waals surface area contributed by atoms with Gasteiger partial charge >= 0.3 is 0 Å². The third-order valence-electron chi connectivity index (χ3n) is 4.46. The molecule has 0 atom stereocenters. The lowest BCUT2D eigenvalue weighted by atomic mass is 9.77. The molecule has 1 aromatic carbocycles. The number of nitrogens with two attached hydrogens (primary N) is 1. The molecule has 0 spiro atoms. The highest BCUT2D eigenvalue weighted by Gasteiger charge is 2.38. The van der Waals surface area contributed by atoms with Crippen LogP contribution in [-0.4, -0.2) is 10.1 Å². The molecule has 0 unspecified atom stereocenters. The molecule has 3 aromatic rings. The molecule has 5 nitrogen and oxygen atoms in total. The Balaban J connectivity index is 1.41. The van der Waals surface area contributed by atoms with Crippen LogP contribution in [0.3, 0.4) is 0 Å². The van der Waals surface area contributed by atoms with Crippen LogP contribution in [0, 0.1) is 0 Å². The average molecular weight is 309 g/mol. The standard InChI is InChI=1S/C18H19N3O2/c19-18(11-4-12-18)17-20-16(23-21-17)10-8-14-7-9-15(22-14)13-5-2-1-3-6-13/h1-3,5-7,9H,4,8,10-12,19H2. The molecule has 0 radical (unpaired) electrons. The zero-order valence-electron chi connectivity index (χ0n) is 12.9. The van der Waals surface area contributed by atoms with Gasteiger partial charge in [0, 0.05) is 18.4 Å². The SMILES string of the molecule is NC1(c2noc(CCc3ccc(-c4ccccc4)o3)n2)CCC1. The molecule has 5 heteroatoms. The molecule has 0 bridgehead atoms. The molecule has 0 amide bonds. The molecule has 2 N–H and O–H groups in total. The largest absolute Gasteiger partial charge is 0.461 e. The number of nitrogens with zero attached hydrogens (tertiary/aromatic N) is 2. The molecule has 4 rings (SSSR count). The van der Waals surface area contributed by atoms with Gasteiger partial charge in [0.05, 0.1) is 5.54 Å². The van der Waals surface area contributed by atoms with Crippen LogP contribution in [0.15, 0.2) is 51.4 Å². The predicted molar refractivity (Wildman–Crippen MR) is 85.6 cm³/mol. The van der Waals surface area contributed by atoms with E-state index < -0.39 is 0 Å². The van der Waals surface area contributed by atoms with Crippen molar-refractivity contribution in [3.05, 3.63) is 59.9 Å². The maximum atomic E-state index is 6.21. The van der Waals surface area contributed by atoms with E-state index in [0.29, 0.717) is 18.1 Å². The van der Waals surface area contributed by atoms with Crippen LogP contribution in [0.4, 0.5) is 0 Å². The highest BCUT2D eigenvalue weighted by atomic mass is 16.5. The molecule has 0 aliphatic heterocycles. The molecular formula is C18H19N3O2. The zero-order valence-corrected chi connectivity index (χ0v) is 12.9. The van der Waals surface area contributed by atoms with Crippen molar-refractivity contribution in [1.82, 2.24) is 10.1 Å². The molecule has 1 saturated carbocycles. The van der Waals surface area contributed by atoms with Crippen LogP contribution < -0.4 is 5.73 Å². The minimum atomic E-state index is -0.368. The van der Waals surface area contributed by atoms with Gasteiger partial charge in [-0.15, -0.1) is 0 Å². The quantitative estimate of drug-likeness (QED) is 0.781. The van der Waals surface area contributed by atoms with E-state index in [-0.39, 0.29) is 5.54 Å². The van der Waals surface area contributed by atoms with Crippen molar-refractivity contribution in [2.75, 3.05) is 0 Å². The second-order valence-corrected chi connectivity index (χ2v) is 6.15. The number of benzene rings is 1. The lowest BCUT2D eigenvalue weighted by Gasteiger charge is -2.34. The monoisotopic (exact) mass is 309 g/mol. The molecule has 2 aromatic heterocycles. The first kappa shape index (κ1) is 14.2. The third kappa shape index (κ3) is 2.80. The third-order valence-corrected chi connectivity index (χ3v) is 4.46. The van der Waals surface area contributed by atoms with E-state index >= 15 is 0 Å². The Morgan fingerprint density at radius 2 is 1.87 bits per heavy atom. The molecule has 23 heavy (non-hydrogen) atoms. The summed E-state index contributed by atoms with van der Waals surface area (Å²) in [6.45, 7) is 0. The van der Waals surface area contributed by atoms with Gasteiger partial charge < -0.3 is 14.7 Å². The van der Waals surface area contributed by atoms with Crippen molar-refractivity contribution in [3.63, 3.8) is 0 Å². The van der Waals surface area contributed by atoms with E-state index in [1.54, 1.807) is 0 Å². The summed E-state index contributed by atoms with van der Waals surface area (Å²) in [6.07, 6.45) is 4.39. The van der Waals surface area contributed by atoms with Crippen molar-refractivity contribution < 1.29 is 8.94 Å².